The summed E-state index contributed by atoms with van der Waals surface area (Å²) in [4.78, 5) is 12.7. The Morgan fingerprint density at radius 3 is 2.51 bits per heavy atom. The minimum Gasteiger partial charge on any atom is -0.485 e. The highest BCUT2D eigenvalue weighted by Gasteiger charge is 2.24. The van der Waals surface area contributed by atoms with Gasteiger partial charge < -0.3 is 10.1 Å². The monoisotopic (exact) mass is 624 g/mol. The first-order valence-corrected chi connectivity index (χ1v) is 15.0. The predicted molar refractivity (Wildman–Crippen MR) is 155 cm³/mol. The summed E-state index contributed by atoms with van der Waals surface area (Å²) in [6.45, 7) is 6.69. The molecule has 0 unspecified atom stereocenters. The second-order valence-electron chi connectivity index (χ2n) is 9.64. The molecule has 4 rings (SSSR count). The van der Waals surface area contributed by atoms with Crippen LogP contribution < -0.4 is 10.1 Å². The summed E-state index contributed by atoms with van der Waals surface area (Å²) >= 11 is 17.1. The van der Waals surface area contributed by atoms with E-state index in [4.69, 9.17) is 27.9 Å². The van der Waals surface area contributed by atoms with Gasteiger partial charge in [0, 0.05) is 26.2 Å². The van der Waals surface area contributed by atoms with Gasteiger partial charge in [-0.2, -0.15) is 0 Å². The van der Waals surface area contributed by atoms with Gasteiger partial charge in [-0.3, -0.25) is 9.36 Å². The number of rotatable bonds is 9. The molecule has 0 atom stereocenters. The zero-order chi connectivity index (χ0) is 26.5. The molecular weight excluding hydrogens is 595 g/mol. The van der Waals surface area contributed by atoms with Crippen LogP contribution in [0.4, 0.5) is 5.69 Å². The van der Waals surface area contributed by atoms with E-state index in [1.165, 1.54) is 31.0 Å². The Morgan fingerprint density at radius 1 is 1.14 bits per heavy atom. The highest BCUT2D eigenvalue weighted by atomic mass is 79.9. The number of carbonyl (C=O) groups excluding carboxylic acids is 1. The maximum absolute atomic E-state index is 12.7. The van der Waals surface area contributed by atoms with Crippen molar-refractivity contribution in [3.05, 3.63) is 61.8 Å². The lowest BCUT2D eigenvalue weighted by Crippen LogP contribution is -2.19. The highest BCUT2D eigenvalue weighted by Crippen LogP contribution is 2.35. The van der Waals surface area contributed by atoms with E-state index in [0.717, 1.165) is 45.2 Å². The Balaban J connectivity index is 1.50. The first-order chi connectivity index (χ1) is 17.7. The van der Waals surface area contributed by atoms with E-state index in [1.54, 1.807) is 18.2 Å². The second-order valence-corrected chi connectivity index (χ2v) is 12.3. The van der Waals surface area contributed by atoms with Gasteiger partial charge in [0.05, 0.1) is 5.75 Å². The summed E-state index contributed by atoms with van der Waals surface area (Å²) < 4.78 is 9.60. The number of amides is 1. The van der Waals surface area contributed by atoms with Crippen LogP contribution in [-0.2, 0) is 11.4 Å². The van der Waals surface area contributed by atoms with Crippen molar-refractivity contribution in [2.45, 2.75) is 76.6 Å². The van der Waals surface area contributed by atoms with Gasteiger partial charge in [0.1, 0.15) is 12.4 Å². The summed E-state index contributed by atoms with van der Waals surface area (Å²) in [5, 5.41) is 13.5. The Bertz CT molecular complexity index is 1240. The third-order valence-electron chi connectivity index (χ3n) is 6.42. The standard InChI is InChI=1S/C27H31BrCl2N4O2S/c1-16(2)22-13-23(28)17(3)9-24(22)36-14-25-32-33-27(34(25)21-7-5-4-6-8-21)37-15-26(35)31-20-11-18(29)10-19(30)12-20/h9-13,16,21H,4-8,14-15H2,1-3H3,(H,31,35). The van der Waals surface area contributed by atoms with Crippen molar-refractivity contribution in [1.82, 2.24) is 14.8 Å². The molecule has 1 aliphatic carbocycles. The van der Waals surface area contributed by atoms with Crippen LogP contribution in [0, 0.1) is 6.92 Å². The molecule has 1 fully saturated rings. The number of hydrogen-bond donors (Lipinski definition) is 1. The lowest BCUT2D eigenvalue weighted by atomic mass is 9.95. The first-order valence-electron chi connectivity index (χ1n) is 12.5. The average Bonchev–Trinajstić information content (AvgIpc) is 3.25. The molecule has 2 aromatic carbocycles. The number of carbonyl (C=O) groups is 1. The van der Waals surface area contributed by atoms with E-state index in [-0.39, 0.29) is 11.7 Å². The average molecular weight is 626 g/mol. The van der Waals surface area contributed by atoms with Gasteiger partial charge in [-0.05, 0) is 67.1 Å². The molecule has 1 heterocycles. The van der Waals surface area contributed by atoms with E-state index < -0.39 is 0 Å². The third kappa shape index (κ3) is 7.43. The zero-order valence-corrected chi connectivity index (χ0v) is 25.1. The lowest BCUT2D eigenvalue weighted by molar-refractivity contribution is -0.113. The number of halogens is 3. The Hall–Kier alpha value is -1.74. The van der Waals surface area contributed by atoms with Crippen molar-refractivity contribution >= 4 is 62.5 Å². The molecule has 0 saturated heterocycles. The minimum absolute atomic E-state index is 0.161. The number of anilines is 1. The van der Waals surface area contributed by atoms with Gasteiger partial charge in [0.15, 0.2) is 11.0 Å². The number of hydrogen-bond acceptors (Lipinski definition) is 5. The van der Waals surface area contributed by atoms with E-state index in [0.29, 0.717) is 34.3 Å². The van der Waals surface area contributed by atoms with Crippen LogP contribution in [0.5, 0.6) is 5.75 Å². The lowest BCUT2D eigenvalue weighted by Gasteiger charge is -2.25. The third-order valence-corrected chi connectivity index (χ3v) is 8.66. The van der Waals surface area contributed by atoms with E-state index in [1.807, 2.05) is 0 Å². The molecule has 1 aromatic heterocycles. The molecule has 1 aliphatic rings. The van der Waals surface area contributed by atoms with Crippen molar-refractivity contribution in [2.24, 2.45) is 0 Å². The summed E-state index contributed by atoms with van der Waals surface area (Å²) in [5.41, 5.74) is 2.83. The van der Waals surface area contributed by atoms with Gasteiger partial charge >= 0.3 is 0 Å². The summed E-state index contributed by atoms with van der Waals surface area (Å²) in [5.74, 6) is 2.00. The smallest absolute Gasteiger partial charge is 0.234 e. The van der Waals surface area contributed by atoms with Gasteiger partial charge in [0.2, 0.25) is 5.91 Å². The van der Waals surface area contributed by atoms with E-state index in [2.05, 4.69) is 68.9 Å². The first kappa shape index (κ1) is 28.3. The van der Waals surface area contributed by atoms with Crippen molar-refractivity contribution in [3.8, 4) is 5.75 Å². The van der Waals surface area contributed by atoms with Crippen LogP contribution in [0.15, 0.2) is 40.0 Å². The SMILES string of the molecule is Cc1cc(OCc2nnc(SCC(=O)Nc3cc(Cl)cc(Cl)c3)n2C2CCCCC2)c(C(C)C)cc1Br. The Kier molecular flexibility index (Phi) is 9.84. The summed E-state index contributed by atoms with van der Waals surface area (Å²) in [7, 11) is 0. The quantitative estimate of drug-likeness (QED) is 0.241. The molecule has 10 heteroatoms. The molecule has 3 aromatic rings. The fourth-order valence-corrected chi connectivity index (χ4v) is 6.26. The molecule has 0 bridgehead atoms. The molecule has 1 saturated carbocycles. The molecule has 0 aliphatic heterocycles. The van der Waals surface area contributed by atoms with Crippen LogP contribution in [0.25, 0.3) is 0 Å². The molecule has 6 nitrogen and oxygen atoms in total. The van der Waals surface area contributed by atoms with Crippen LogP contribution in [0.2, 0.25) is 10.0 Å². The van der Waals surface area contributed by atoms with Gasteiger partial charge in [-0.25, -0.2) is 0 Å². The van der Waals surface area contributed by atoms with Gasteiger partial charge in [0.25, 0.3) is 0 Å². The number of thioether (sulfide) groups is 1. The molecule has 0 spiro atoms. The van der Waals surface area contributed by atoms with Crippen LogP contribution in [0.3, 0.4) is 0 Å². The number of aromatic nitrogens is 3. The van der Waals surface area contributed by atoms with Crippen molar-refractivity contribution in [2.75, 3.05) is 11.1 Å². The zero-order valence-electron chi connectivity index (χ0n) is 21.2. The topological polar surface area (TPSA) is 69.0 Å². The van der Waals surface area contributed by atoms with Gasteiger partial charge in [-0.1, -0.05) is 84.0 Å². The largest absolute Gasteiger partial charge is 0.485 e. The maximum atomic E-state index is 12.7. The van der Waals surface area contributed by atoms with Crippen molar-refractivity contribution in [3.63, 3.8) is 0 Å². The van der Waals surface area contributed by atoms with Crippen molar-refractivity contribution in [1.29, 1.82) is 0 Å². The van der Waals surface area contributed by atoms with E-state index in [9.17, 15) is 4.79 Å². The van der Waals surface area contributed by atoms with Crippen LogP contribution in [0.1, 0.15) is 74.9 Å². The summed E-state index contributed by atoms with van der Waals surface area (Å²) in [6, 6.07) is 9.48. The Morgan fingerprint density at radius 2 is 1.84 bits per heavy atom. The number of benzene rings is 2. The normalized spacial score (nSPS) is 14.2. The number of ether oxygens (including phenoxy) is 1. The molecule has 37 heavy (non-hydrogen) atoms. The fourth-order valence-electron chi connectivity index (χ4n) is 4.55. The molecule has 1 N–H and O–H groups in total. The van der Waals surface area contributed by atoms with Crippen LogP contribution >= 0.6 is 50.9 Å². The molecule has 198 valence electrons. The molecule has 1 amide bonds. The summed E-state index contributed by atoms with van der Waals surface area (Å²) in [6.07, 6.45) is 5.73. The van der Waals surface area contributed by atoms with Crippen LogP contribution in [-0.4, -0.2) is 26.4 Å². The number of nitrogens with zero attached hydrogens (tertiary/aromatic N) is 3. The Labute approximate surface area is 241 Å². The van der Waals surface area contributed by atoms with Crippen molar-refractivity contribution < 1.29 is 9.53 Å². The van der Waals surface area contributed by atoms with Gasteiger partial charge in [-0.15, -0.1) is 10.2 Å². The number of aryl methyl sites for hydroxylation is 1. The maximum Gasteiger partial charge on any atom is 0.234 e. The molecule has 0 radical (unpaired) electrons. The second kappa shape index (κ2) is 12.9. The fraction of sp³-hybridized carbons (Fsp3) is 0.444. The highest BCUT2D eigenvalue weighted by molar-refractivity contribution is 9.10. The number of nitrogens with one attached hydrogen (secondary N) is 1. The van der Waals surface area contributed by atoms with E-state index >= 15 is 0 Å². The molecular formula is C27H31BrCl2N4O2S. The minimum atomic E-state index is -0.161. The predicted octanol–water partition coefficient (Wildman–Crippen LogP) is 8.59.